The summed E-state index contributed by atoms with van der Waals surface area (Å²) in [6, 6.07) is 10.3. The fourth-order valence-corrected chi connectivity index (χ4v) is 2.21. The van der Waals surface area contributed by atoms with E-state index in [1.165, 1.54) is 44.6 Å². The molecule has 0 spiro atoms. The van der Waals surface area contributed by atoms with Crippen molar-refractivity contribution in [2.24, 2.45) is 0 Å². The number of benzene rings is 2. The van der Waals surface area contributed by atoms with Crippen LogP contribution in [-0.4, -0.2) is 39.3 Å². The zero-order valence-electron chi connectivity index (χ0n) is 14.5. The molecule has 0 unspecified atom stereocenters. The first kappa shape index (κ1) is 20.0. The Bertz CT molecular complexity index is 812. The predicted octanol–water partition coefficient (Wildman–Crippen LogP) is 3.10. The van der Waals surface area contributed by atoms with Crippen molar-refractivity contribution in [2.45, 2.75) is 6.61 Å². The van der Waals surface area contributed by atoms with Crippen LogP contribution in [0.4, 0.5) is 14.5 Å². The van der Waals surface area contributed by atoms with Crippen molar-refractivity contribution in [3.8, 4) is 17.2 Å². The molecule has 0 atom stereocenters. The predicted molar refractivity (Wildman–Crippen MR) is 91.5 cm³/mol. The molecule has 0 saturated heterocycles. The summed E-state index contributed by atoms with van der Waals surface area (Å²) in [4.78, 5) is 24.2. The number of rotatable bonds is 8. The van der Waals surface area contributed by atoms with Crippen molar-refractivity contribution >= 4 is 17.6 Å². The average molecular weight is 381 g/mol. The van der Waals surface area contributed by atoms with Gasteiger partial charge >= 0.3 is 12.6 Å². The maximum absolute atomic E-state index is 12.4. The molecule has 0 aliphatic heterocycles. The van der Waals surface area contributed by atoms with Crippen LogP contribution in [0.2, 0.25) is 0 Å². The molecule has 27 heavy (non-hydrogen) atoms. The van der Waals surface area contributed by atoms with Crippen LogP contribution in [0.15, 0.2) is 42.5 Å². The molecule has 0 radical (unpaired) electrons. The van der Waals surface area contributed by atoms with Crippen LogP contribution in [0.1, 0.15) is 10.4 Å². The van der Waals surface area contributed by atoms with Crippen LogP contribution in [0.3, 0.4) is 0 Å². The summed E-state index contributed by atoms with van der Waals surface area (Å²) in [5.41, 5.74) is 0.101. The van der Waals surface area contributed by atoms with Gasteiger partial charge in [0.15, 0.2) is 18.1 Å². The lowest BCUT2D eigenvalue weighted by Gasteiger charge is -2.13. The Morgan fingerprint density at radius 1 is 1.00 bits per heavy atom. The second kappa shape index (κ2) is 9.37. The number of anilines is 1. The number of para-hydroxylation sites is 3. The Balaban J connectivity index is 2.02. The largest absolute Gasteiger partial charge is 0.493 e. The summed E-state index contributed by atoms with van der Waals surface area (Å²) in [5, 5.41) is 2.34. The Morgan fingerprint density at radius 2 is 1.70 bits per heavy atom. The molecule has 2 rings (SSSR count). The van der Waals surface area contributed by atoms with Crippen molar-refractivity contribution < 1.29 is 37.3 Å². The average Bonchev–Trinajstić information content (AvgIpc) is 2.66. The topological polar surface area (TPSA) is 83.1 Å². The standard InChI is InChI=1S/C18H17F2NO6/c1-24-14-9-5-6-11(16(14)25-2)17(23)26-10-15(22)21-12-7-3-4-8-13(12)27-18(19)20/h3-9,18H,10H2,1-2H3,(H,21,22). The van der Waals surface area contributed by atoms with E-state index in [0.29, 0.717) is 5.75 Å². The van der Waals surface area contributed by atoms with Crippen molar-refractivity contribution in [2.75, 3.05) is 26.1 Å². The minimum Gasteiger partial charge on any atom is -0.493 e. The van der Waals surface area contributed by atoms with Gasteiger partial charge in [-0.25, -0.2) is 4.79 Å². The van der Waals surface area contributed by atoms with Gasteiger partial charge in [0, 0.05) is 0 Å². The summed E-state index contributed by atoms with van der Waals surface area (Å²) in [5.74, 6) is -1.24. The van der Waals surface area contributed by atoms with Crippen LogP contribution in [-0.2, 0) is 9.53 Å². The Labute approximate surface area is 153 Å². The van der Waals surface area contributed by atoms with Crippen molar-refractivity contribution in [3.05, 3.63) is 48.0 Å². The van der Waals surface area contributed by atoms with E-state index in [2.05, 4.69) is 10.1 Å². The summed E-state index contributed by atoms with van der Waals surface area (Å²) in [6.07, 6.45) is 0. The number of nitrogens with one attached hydrogen (secondary N) is 1. The fourth-order valence-electron chi connectivity index (χ4n) is 2.21. The molecule has 1 N–H and O–H groups in total. The van der Waals surface area contributed by atoms with Gasteiger partial charge in [-0.2, -0.15) is 8.78 Å². The number of ether oxygens (including phenoxy) is 4. The van der Waals surface area contributed by atoms with E-state index >= 15 is 0 Å². The van der Waals surface area contributed by atoms with Gasteiger partial charge in [-0.3, -0.25) is 4.79 Å². The zero-order chi connectivity index (χ0) is 19.8. The Kier molecular flexibility index (Phi) is 6.93. The van der Waals surface area contributed by atoms with Crippen molar-refractivity contribution in [3.63, 3.8) is 0 Å². The quantitative estimate of drug-likeness (QED) is 0.708. The SMILES string of the molecule is COc1cccc(C(=O)OCC(=O)Nc2ccccc2OC(F)F)c1OC. The molecule has 0 aliphatic rings. The van der Waals surface area contributed by atoms with E-state index < -0.39 is 25.1 Å². The number of carbonyl (C=O) groups excluding carboxylic acids is 2. The van der Waals surface area contributed by atoms with Gasteiger partial charge in [-0.1, -0.05) is 18.2 Å². The Hall–Kier alpha value is -3.36. The third-order valence-corrected chi connectivity index (χ3v) is 3.33. The minimum absolute atomic E-state index is 0.0257. The molecule has 144 valence electrons. The number of hydrogen-bond acceptors (Lipinski definition) is 6. The molecular weight excluding hydrogens is 364 g/mol. The minimum atomic E-state index is -3.04. The fraction of sp³-hybridized carbons (Fsp3) is 0.222. The number of carbonyl (C=O) groups is 2. The molecular formula is C18H17F2NO6. The molecule has 2 aromatic rings. The normalized spacial score (nSPS) is 10.3. The van der Waals surface area contributed by atoms with Crippen molar-refractivity contribution in [1.82, 2.24) is 0 Å². The Morgan fingerprint density at radius 3 is 2.37 bits per heavy atom. The summed E-state index contributed by atoms with van der Waals surface area (Å²) in [6.45, 7) is -3.68. The number of amides is 1. The molecule has 1 amide bonds. The summed E-state index contributed by atoms with van der Waals surface area (Å²) in [7, 11) is 2.78. The van der Waals surface area contributed by atoms with E-state index in [1.807, 2.05) is 0 Å². The molecule has 7 nitrogen and oxygen atoms in total. The van der Waals surface area contributed by atoms with Gasteiger partial charge in [0.1, 0.15) is 11.3 Å². The summed E-state index contributed by atoms with van der Waals surface area (Å²) >= 11 is 0. The van der Waals surface area contributed by atoms with E-state index in [-0.39, 0.29) is 22.7 Å². The highest BCUT2D eigenvalue weighted by molar-refractivity contribution is 5.97. The van der Waals surface area contributed by atoms with Gasteiger partial charge in [-0.15, -0.1) is 0 Å². The third-order valence-electron chi connectivity index (χ3n) is 3.33. The van der Waals surface area contributed by atoms with Gasteiger partial charge < -0.3 is 24.3 Å². The van der Waals surface area contributed by atoms with E-state index in [0.717, 1.165) is 0 Å². The van der Waals surface area contributed by atoms with Gasteiger partial charge in [-0.05, 0) is 24.3 Å². The lowest BCUT2D eigenvalue weighted by atomic mass is 10.2. The van der Waals surface area contributed by atoms with E-state index in [1.54, 1.807) is 12.1 Å². The van der Waals surface area contributed by atoms with Crippen LogP contribution >= 0.6 is 0 Å². The molecule has 0 aromatic heterocycles. The summed E-state index contributed by atoms with van der Waals surface area (Å²) < 4.78 is 44.3. The lowest BCUT2D eigenvalue weighted by molar-refractivity contribution is -0.119. The molecule has 0 heterocycles. The maximum Gasteiger partial charge on any atom is 0.387 e. The van der Waals surface area contributed by atoms with E-state index in [4.69, 9.17) is 14.2 Å². The van der Waals surface area contributed by atoms with Crippen LogP contribution in [0.5, 0.6) is 17.2 Å². The number of hydrogen-bond donors (Lipinski definition) is 1. The number of methoxy groups -OCH3 is 2. The second-order valence-corrected chi connectivity index (χ2v) is 5.04. The smallest absolute Gasteiger partial charge is 0.387 e. The highest BCUT2D eigenvalue weighted by atomic mass is 19.3. The first-order valence-corrected chi connectivity index (χ1v) is 7.68. The first-order valence-electron chi connectivity index (χ1n) is 7.68. The molecule has 0 saturated carbocycles. The molecule has 9 heteroatoms. The monoisotopic (exact) mass is 381 g/mol. The van der Waals surface area contributed by atoms with Crippen LogP contribution in [0, 0.1) is 0 Å². The van der Waals surface area contributed by atoms with Gasteiger partial charge in [0.2, 0.25) is 0 Å². The molecule has 0 aliphatic carbocycles. The lowest BCUT2D eigenvalue weighted by Crippen LogP contribution is -2.21. The number of esters is 1. The first-order chi connectivity index (χ1) is 13.0. The van der Waals surface area contributed by atoms with Crippen LogP contribution in [0.25, 0.3) is 0 Å². The molecule has 2 aromatic carbocycles. The highest BCUT2D eigenvalue weighted by Gasteiger charge is 2.19. The molecule has 0 fully saturated rings. The molecule has 0 bridgehead atoms. The second-order valence-electron chi connectivity index (χ2n) is 5.04. The van der Waals surface area contributed by atoms with Gasteiger partial charge in [0.25, 0.3) is 5.91 Å². The van der Waals surface area contributed by atoms with Crippen LogP contribution < -0.4 is 19.5 Å². The van der Waals surface area contributed by atoms with Crippen molar-refractivity contribution in [1.29, 1.82) is 0 Å². The number of halogens is 2. The van der Waals surface area contributed by atoms with E-state index in [9.17, 15) is 18.4 Å². The third kappa shape index (κ3) is 5.30. The maximum atomic E-state index is 12.4. The van der Waals surface area contributed by atoms with Gasteiger partial charge in [0.05, 0.1) is 19.9 Å². The zero-order valence-corrected chi connectivity index (χ0v) is 14.5. The highest BCUT2D eigenvalue weighted by Crippen LogP contribution is 2.31. The number of alkyl halides is 2.